The summed E-state index contributed by atoms with van der Waals surface area (Å²) >= 11 is 1.37. The smallest absolute Gasteiger partial charge is 0.407 e. The van der Waals surface area contributed by atoms with E-state index in [9.17, 15) is 44.1 Å². The molecule has 3 aromatic rings. The molecule has 270 valence electrons. The fourth-order valence-electron chi connectivity index (χ4n) is 5.67. The number of aliphatic carboxylic acids is 2. The highest BCUT2D eigenvalue weighted by molar-refractivity contribution is 7.98. The molecular weight excluding hydrogens is 680 g/mol. The summed E-state index contributed by atoms with van der Waals surface area (Å²) in [4.78, 5) is 76.2. The Morgan fingerprint density at radius 1 is 0.745 bits per heavy atom. The number of carboxylic acids is 2. The zero-order valence-corrected chi connectivity index (χ0v) is 28.8. The quantitative estimate of drug-likeness (QED) is 0.107. The van der Waals surface area contributed by atoms with Gasteiger partial charge < -0.3 is 41.3 Å². The molecule has 15 heteroatoms. The van der Waals surface area contributed by atoms with E-state index in [1.54, 1.807) is 6.26 Å². The van der Waals surface area contributed by atoms with Crippen LogP contribution in [0.5, 0.6) is 5.75 Å². The van der Waals surface area contributed by atoms with Gasteiger partial charge in [0.15, 0.2) is 0 Å². The molecule has 0 spiro atoms. The maximum atomic E-state index is 13.6. The van der Waals surface area contributed by atoms with Crippen LogP contribution in [0.3, 0.4) is 0 Å². The van der Waals surface area contributed by atoms with Crippen molar-refractivity contribution in [1.29, 1.82) is 0 Å². The number of thioether (sulfide) groups is 1. The van der Waals surface area contributed by atoms with Gasteiger partial charge in [0, 0.05) is 12.3 Å². The second-order valence-electron chi connectivity index (χ2n) is 12.0. The predicted molar refractivity (Wildman–Crippen MR) is 188 cm³/mol. The van der Waals surface area contributed by atoms with Gasteiger partial charge >= 0.3 is 18.0 Å². The van der Waals surface area contributed by atoms with Crippen molar-refractivity contribution in [3.8, 4) is 16.9 Å². The third-order valence-corrected chi connectivity index (χ3v) is 8.96. The molecule has 0 aliphatic heterocycles. The van der Waals surface area contributed by atoms with E-state index in [0.29, 0.717) is 11.3 Å². The van der Waals surface area contributed by atoms with Crippen molar-refractivity contribution >= 4 is 47.5 Å². The minimum atomic E-state index is -1.62. The third kappa shape index (κ3) is 10.5. The number of carbonyl (C=O) groups excluding carboxylic acids is 4. The monoisotopic (exact) mass is 720 g/mol. The van der Waals surface area contributed by atoms with Gasteiger partial charge in [-0.25, -0.2) is 4.79 Å². The summed E-state index contributed by atoms with van der Waals surface area (Å²) in [5.74, 6) is -5.17. The highest BCUT2D eigenvalue weighted by atomic mass is 32.2. The molecule has 51 heavy (non-hydrogen) atoms. The van der Waals surface area contributed by atoms with E-state index < -0.39 is 66.3 Å². The Labute approximate surface area is 298 Å². The summed E-state index contributed by atoms with van der Waals surface area (Å²) < 4.78 is 5.50. The van der Waals surface area contributed by atoms with E-state index in [1.807, 2.05) is 48.5 Å². The molecule has 4 rings (SSSR count). The Morgan fingerprint density at radius 3 is 1.86 bits per heavy atom. The van der Waals surface area contributed by atoms with Crippen LogP contribution in [0.4, 0.5) is 4.79 Å². The zero-order valence-electron chi connectivity index (χ0n) is 28.0. The Balaban J connectivity index is 1.45. The summed E-state index contributed by atoms with van der Waals surface area (Å²) in [6.07, 6.45) is -0.0781. The van der Waals surface area contributed by atoms with Crippen LogP contribution in [0.2, 0.25) is 0 Å². The molecule has 0 saturated heterocycles. The van der Waals surface area contributed by atoms with Crippen molar-refractivity contribution in [2.24, 2.45) is 0 Å². The largest absolute Gasteiger partial charge is 0.508 e. The van der Waals surface area contributed by atoms with Gasteiger partial charge in [0.05, 0.1) is 6.42 Å². The maximum absolute atomic E-state index is 13.6. The van der Waals surface area contributed by atoms with Gasteiger partial charge in [0.25, 0.3) is 0 Å². The standard InChI is InChI=1S/C36H40N4O10S/c1-20(35(47)48)37-33(45)29(17-21-11-13-22(41)14-12-21)39-32(44)28(15-16-51-2)38-34(46)30(18-31(42)43)40-36(49)50-19-27-25-9-5-3-7-23(25)24-8-4-6-10-26(24)27/h3-14,20,27-30,41H,15-19H2,1-2H3,(H,37,45)(H,38,46)(H,39,44)(H,40,49)(H,42,43)(H,47,48)/t20-,28-,29-,30-/m0/s1. The number of ether oxygens (including phenoxy) is 1. The Morgan fingerprint density at radius 2 is 1.29 bits per heavy atom. The van der Waals surface area contributed by atoms with Gasteiger partial charge in [-0.2, -0.15) is 11.8 Å². The first-order valence-electron chi connectivity index (χ1n) is 16.1. The summed E-state index contributed by atoms with van der Waals surface area (Å²) in [5.41, 5.74) is 4.49. The Bertz CT molecular complexity index is 1710. The number of carboxylic acid groups (broad SMARTS) is 2. The lowest BCUT2D eigenvalue weighted by Gasteiger charge is -2.25. The third-order valence-electron chi connectivity index (χ3n) is 8.31. The number of fused-ring (bicyclic) bond motifs is 3. The van der Waals surface area contributed by atoms with Crippen molar-refractivity contribution in [2.75, 3.05) is 18.6 Å². The molecule has 0 fully saturated rings. The summed E-state index contributed by atoms with van der Waals surface area (Å²) in [6.45, 7) is 1.18. The van der Waals surface area contributed by atoms with Crippen LogP contribution < -0.4 is 21.3 Å². The molecule has 4 amide bonds. The van der Waals surface area contributed by atoms with Crippen LogP contribution in [-0.2, 0) is 35.1 Å². The van der Waals surface area contributed by atoms with Gasteiger partial charge in [0.1, 0.15) is 36.5 Å². The number of amides is 4. The van der Waals surface area contributed by atoms with E-state index in [1.165, 1.54) is 43.0 Å². The molecule has 0 heterocycles. The molecule has 14 nitrogen and oxygen atoms in total. The number of phenols is 1. The van der Waals surface area contributed by atoms with Crippen molar-refractivity contribution in [3.63, 3.8) is 0 Å². The van der Waals surface area contributed by atoms with Gasteiger partial charge in [-0.15, -0.1) is 0 Å². The summed E-state index contributed by atoms with van der Waals surface area (Å²) in [6, 6.07) is 15.8. The molecule has 0 aromatic heterocycles. The van der Waals surface area contributed by atoms with Crippen molar-refractivity contribution in [1.82, 2.24) is 21.3 Å². The number of rotatable bonds is 17. The Kier molecular flexibility index (Phi) is 13.4. The molecule has 7 N–H and O–H groups in total. The summed E-state index contributed by atoms with van der Waals surface area (Å²) in [7, 11) is 0. The molecule has 1 aliphatic carbocycles. The maximum Gasteiger partial charge on any atom is 0.407 e. The van der Waals surface area contributed by atoms with Crippen molar-refractivity contribution in [3.05, 3.63) is 89.5 Å². The Hall–Kier alpha value is -5.57. The molecule has 4 atom stereocenters. The number of phenolic OH excluding ortho intramolecular Hbond substituents is 1. The first kappa shape index (κ1) is 38.2. The first-order valence-corrected chi connectivity index (χ1v) is 17.5. The highest BCUT2D eigenvalue weighted by Crippen LogP contribution is 2.44. The van der Waals surface area contributed by atoms with Crippen LogP contribution in [0, 0.1) is 0 Å². The van der Waals surface area contributed by atoms with Crippen LogP contribution in [0.15, 0.2) is 72.8 Å². The van der Waals surface area contributed by atoms with Crippen molar-refractivity contribution < 1.29 is 48.8 Å². The average molecular weight is 721 g/mol. The van der Waals surface area contributed by atoms with E-state index in [0.717, 1.165) is 22.3 Å². The molecule has 1 aliphatic rings. The predicted octanol–water partition coefficient (Wildman–Crippen LogP) is 2.63. The number of aromatic hydroxyl groups is 1. The summed E-state index contributed by atoms with van der Waals surface area (Å²) in [5, 5.41) is 38.2. The minimum Gasteiger partial charge on any atom is -0.508 e. The second kappa shape index (κ2) is 17.9. The molecule has 0 radical (unpaired) electrons. The lowest BCUT2D eigenvalue weighted by Crippen LogP contribution is -2.58. The lowest BCUT2D eigenvalue weighted by atomic mass is 9.98. The van der Waals surface area contributed by atoms with Gasteiger partial charge in [-0.3, -0.25) is 24.0 Å². The normalized spacial score (nSPS) is 14.1. The minimum absolute atomic E-state index is 0.0225. The molecule has 0 unspecified atom stereocenters. The lowest BCUT2D eigenvalue weighted by molar-refractivity contribution is -0.141. The van der Waals surface area contributed by atoms with E-state index in [4.69, 9.17) is 4.74 Å². The number of benzene rings is 3. The molecule has 3 aromatic carbocycles. The first-order chi connectivity index (χ1) is 24.4. The van der Waals surface area contributed by atoms with Gasteiger partial charge in [0.2, 0.25) is 17.7 Å². The molecule has 0 saturated carbocycles. The second-order valence-corrected chi connectivity index (χ2v) is 12.9. The number of nitrogens with one attached hydrogen (secondary N) is 4. The van der Waals surface area contributed by atoms with Gasteiger partial charge in [-0.1, -0.05) is 60.7 Å². The molecule has 0 bridgehead atoms. The number of alkyl carbamates (subject to hydrolysis) is 1. The number of hydrogen-bond donors (Lipinski definition) is 7. The van der Waals surface area contributed by atoms with E-state index >= 15 is 0 Å². The molecular formula is C36H40N4O10S. The zero-order chi connectivity index (χ0) is 37.1. The van der Waals surface area contributed by atoms with E-state index in [-0.39, 0.29) is 31.1 Å². The van der Waals surface area contributed by atoms with Crippen LogP contribution in [0.1, 0.15) is 42.4 Å². The van der Waals surface area contributed by atoms with Crippen molar-refractivity contribution in [2.45, 2.75) is 56.3 Å². The highest BCUT2D eigenvalue weighted by Gasteiger charge is 2.33. The van der Waals surface area contributed by atoms with Crippen LogP contribution in [-0.4, -0.2) is 93.9 Å². The van der Waals surface area contributed by atoms with Crippen LogP contribution in [0.25, 0.3) is 11.1 Å². The van der Waals surface area contributed by atoms with Gasteiger partial charge in [-0.05, 0) is 65.3 Å². The average Bonchev–Trinajstić information content (AvgIpc) is 3.42. The fourth-order valence-corrected chi connectivity index (χ4v) is 6.14. The van der Waals surface area contributed by atoms with Crippen LogP contribution >= 0.6 is 11.8 Å². The number of hydrogen-bond acceptors (Lipinski definition) is 9. The SMILES string of the molecule is CSCC[C@H](NC(=O)[C@H](CC(=O)O)NC(=O)OCC1c2ccccc2-c2ccccc21)C(=O)N[C@@H](Cc1ccc(O)cc1)C(=O)N[C@@H](C)C(=O)O. The van der Waals surface area contributed by atoms with E-state index in [2.05, 4.69) is 21.3 Å². The number of carbonyl (C=O) groups is 6. The fraction of sp³-hybridized carbons (Fsp3) is 0.333. The topological polar surface area (TPSA) is 220 Å².